The van der Waals surface area contributed by atoms with E-state index in [1.54, 1.807) is 6.07 Å². The molecule has 1 heterocycles. The Labute approximate surface area is 117 Å². The highest BCUT2D eigenvalue weighted by Crippen LogP contribution is 2.27. The van der Waals surface area contributed by atoms with Crippen LogP contribution in [0.4, 0.5) is 10.1 Å². The third kappa shape index (κ3) is 3.04. The van der Waals surface area contributed by atoms with Gasteiger partial charge in [0.05, 0.1) is 5.69 Å². The Balaban J connectivity index is 2.21. The summed E-state index contributed by atoms with van der Waals surface area (Å²) in [5, 5.41) is 3.53. The second-order valence-corrected chi connectivity index (χ2v) is 5.91. The van der Waals surface area contributed by atoms with Crippen molar-refractivity contribution < 1.29 is 4.39 Å². The second-order valence-electron chi connectivity index (χ2n) is 4.99. The lowest BCUT2D eigenvalue weighted by molar-refractivity contribution is 0.383. The third-order valence-corrected chi connectivity index (χ3v) is 4.00. The molecule has 2 rings (SSSR count). The normalized spacial score (nSPS) is 24.3. The highest BCUT2D eigenvalue weighted by molar-refractivity contribution is 9.10. The van der Waals surface area contributed by atoms with Crippen LogP contribution in [0.5, 0.6) is 0 Å². The summed E-state index contributed by atoms with van der Waals surface area (Å²) in [4.78, 5) is 2.18. The average Bonchev–Trinajstić information content (AvgIpc) is 2.35. The van der Waals surface area contributed by atoms with Crippen molar-refractivity contribution >= 4 is 21.6 Å². The Kier molecular flexibility index (Phi) is 4.62. The van der Waals surface area contributed by atoms with Gasteiger partial charge in [-0.2, -0.15) is 0 Å². The molecule has 1 N–H and O–H groups in total. The summed E-state index contributed by atoms with van der Waals surface area (Å²) in [5.41, 5.74) is 0.708. The fourth-order valence-electron chi connectivity index (χ4n) is 2.51. The highest BCUT2D eigenvalue weighted by Gasteiger charge is 2.26. The van der Waals surface area contributed by atoms with E-state index in [1.807, 2.05) is 6.07 Å². The maximum Gasteiger partial charge on any atom is 0.146 e. The number of rotatable bonds is 3. The molecule has 2 nitrogen and oxygen atoms in total. The molecule has 0 saturated carbocycles. The molecular weight excluding hydrogens is 295 g/mol. The van der Waals surface area contributed by atoms with Crippen LogP contribution in [0.3, 0.4) is 0 Å². The van der Waals surface area contributed by atoms with E-state index in [2.05, 4.69) is 40.0 Å². The Morgan fingerprint density at radius 3 is 3.00 bits per heavy atom. The largest absolute Gasteiger partial charge is 0.364 e. The second kappa shape index (κ2) is 6.02. The van der Waals surface area contributed by atoms with Gasteiger partial charge >= 0.3 is 0 Å². The van der Waals surface area contributed by atoms with Crippen molar-refractivity contribution in [2.75, 3.05) is 18.0 Å². The first-order valence-electron chi connectivity index (χ1n) is 6.57. The molecule has 1 aromatic rings. The first-order chi connectivity index (χ1) is 8.61. The van der Waals surface area contributed by atoms with Crippen molar-refractivity contribution in [3.8, 4) is 0 Å². The molecule has 0 radical (unpaired) electrons. The summed E-state index contributed by atoms with van der Waals surface area (Å²) in [6.45, 7) is 6.11. The lowest BCUT2D eigenvalue weighted by atomic mass is 10.0. The predicted octanol–water partition coefficient (Wildman–Crippen LogP) is 3.56. The zero-order chi connectivity index (χ0) is 13.1. The number of halogens is 2. The quantitative estimate of drug-likeness (QED) is 0.917. The fraction of sp³-hybridized carbons (Fsp3) is 0.571. The summed E-state index contributed by atoms with van der Waals surface area (Å²) in [6, 6.07) is 5.93. The molecule has 18 heavy (non-hydrogen) atoms. The smallest absolute Gasteiger partial charge is 0.146 e. The van der Waals surface area contributed by atoms with Crippen LogP contribution in [0, 0.1) is 5.82 Å². The number of hydrogen-bond donors (Lipinski definition) is 1. The molecule has 0 aromatic heterocycles. The van der Waals surface area contributed by atoms with Gasteiger partial charge in [-0.05, 0) is 31.5 Å². The average molecular weight is 315 g/mol. The van der Waals surface area contributed by atoms with E-state index < -0.39 is 0 Å². The topological polar surface area (TPSA) is 15.3 Å². The van der Waals surface area contributed by atoms with Gasteiger partial charge in [-0.15, -0.1) is 0 Å². The van der Waals surface area contributed by atoms with Gasteiger partial charge in [-0.3, -0.25) is 0 Å². The van der Waals surface area contributed by atoms with Gasteiger partial charge in [0, 0.05) is 29.6 Å². The Hall–Kier alpha value is -0.610. The molecular formula is C14H20BrFN2. The molecule has 100 valence electrons. The van der Waals surface area contributed by atoms with Crippen LogP contribution in [0.25, 0.3) is 0 Å². The van der Waals surface area contributed by atoms with Crippen LogP contribution in [0.1, 0.15) is 26.7 Å². The maximum atomic E-state index is 14.0. The number of piperazine rings is 1. The third-order valence-electron chi connectivity index (χ3n) is 3.51. The Morgan fingerprint density at radius 1 is 1.50 bits per heavy atom. The number of nitrogens with zero attached hydrogens (tertiary/aromatic N) is 1. The van der Waals surface area contributed by atoms with Gasteiger partial charge in [0.2, 0.25) is 0 Å². The summed E-state index contributed by atoms with van der Waals surface area (Å²) in [6.07, 6.45) is 2.29. The lowest BCUT2D eigenvalue weighted by Crippen LogP contribution is -2.55. The van der Waals surface area contributed by atoms with Crippen molar-refractivity contribution in [1.29, 1.82) is 0 Å². The van der Waals surface area contributed by atoms with Gasteiger partial charge in [-0.25, -0.2) is 4.39 Å². The van der Waals surface area contributed by atoms with Gasteiger partial charge < -0.3 is 10.2 Å². The monoisotopic (exact) mass is 314 g/mol. The minimum atomic E-state index is -0.137. The first-order valence-corrected chi connectivity index (χ1v) is 7.36. The summed E-state index contributed by atoms with van der Waals surface area (Å²) in [7, 11) is 0. The van der Waals surface area contributed by atoms with Crippen molar-refractivity contribution in [3.63, 3.8) is 0 Å². The number of hydrogen-bond acceptors (Lipinski definition) is 2. The van der Waals surface area contributed by atoms with Crippen molar-refractivity contribution in [2.24, 2.45) is 0 Å². The molecule has 0 aliphatic carbocycles. The molecule has 0 bridgehead atoms. The number of nitrogens with one attached hydrogen (secondary N) is 1. The molecule has 2 atom stereocenters. The lowest BCUT2D eigenvalue weighted by Gasteiger charge is -2.40. The van der Waals surface area contributed by atoms with E-state index in [9.17, 15) is 4.39 Å². The molecule has 1 saturated heterocycles. The minimum Gasteiger partial charge on any atom is -0.364 e. The molecule has 1 aliphatic heterocycles. The highest BCUT2D eigenvalue weighted by atomic mass is 79.9. The SMILES string of the molecule is CCCC1CN(c2cc(Br)ccc2F)C(C)CN1. The standard InChI is InChI=1S/C14H20BrFN2/c1-3-4-12-9-18(10(2)8-17-12)14-7-11(15)5-6-13(14)16/h5-7,10,12,17H,3-4,8-9H2,1-2H3. The van der Waals surface area contributed by atoms with Crippen molar-refractivity contribution in [3.05, 3.63) is 28.5 Å². The van der Waals surface area contributed by atoms with Crippen molar-refractivity contribution in [2.45, 2.75) is 38.8 Å². The Morgan fingerprint density at radius 2 is 2.28 bits per heavy atom. The van der Waals surface area contributed by atoms with Gasteiger partial charge in [-0.1, -0.05) is 29.3 Å². The van der Waals surface area contributed by atoms with E-state index >= 15 is 0 Å². The Bertz CT molecular complexity index is 411. The van der Waals surface area contributed by atoms with Crippen LogP contribution < -0.4 is 10.2 Å². The molecule has 4 heteroatoms. The molecule has 0 spiro atoms. The maximum absolute atomic E-state index is 14.0. The number of anilines is 1. The van der Waals surface area contributed by atoms with Gasteiger partial charge in [0.25, 0.3) is 0 Å². The van der Waals surface area contributed by atoms with Gasteiger partial charge in [0.1, 0.15) is 5.82 Å². The van der Waals surface area contributed by atoms with E-state index in [0.717, 1.165) is 30.4 Å². The van der Waals surface area contributed by atoms with Crippen LogP contribution in [-0.4, -0.2) is 25.2 Å². The summed E-state index contributed by atoms with van der Waals surface area (Å²) < 4.78 is 14.9. The summed E-state index contributed by atoms with van der Waals surface area (Å²) >= 11 is 3.42. The van der Waals surface area contributed by atoms with Crippen LogP contribution in [0.2, 0.25) is 0 Å². The molecule has 1 aromatic carbocycles. The molecule has 0 amide bonds. The van der Waals surface area contributed by atoms with Crippen molar-refractivity contribution in [1.82, 2.24) is 5.32 Å². The van der Waals surface area contributed by atoms with E-state index in [0.29, 0.717) is 17.8 Å². The summed E-state index contributed by atoms with van der Waals surface area (Å²) in [5.74, 6) is -0.137. The molecule has 1 fully saturated rings. The van der Waals surface area contributed by atoms with E-state index in [4.69, 9.17) is 0 Å². The van der Waals surface area contributed by atoms with E-state index in [-0.39, 0.29) is 5.82 Å². The van der Waals surface area contributed by atoms with E-state index in [1.165, 1.54) is 6.07 Å². The first kappa shape index (κ1) is 13.8. The van der Waals surface area contributed by atoms with Gasteiger partial charge in [0.15, 0.2) is 0 Å². The fourth-order valence-corrected chi connectivity index (χ4v) is 2.86. The molecule has 1 aliphatic rings. The molecule has 2 unspecified atom stereocenters. The zero-order valence-electron chi connectivity index (χ0n) is 10.9. The number of benzene rings is 1. The zero-order valence-corrected chi connectivity index (χ0v) is 12.5. The predicted molar refractivity (Wildman–Crippen MR) is 77.6 cm³/mol. The van der Waals surface area contributed by atoms with Crippen LogP contribution in [0.15, 0.2) is 22.7 Å². The van der Waals surface area contributed by atoms with Crippen LogP contribution >= 0.6 is 15.9 Å². The minimum absolute atomic E-state index is 0.137. The van der Waals surface area contributed by atoms with Crippen LogP contribution in [-0.2, 0) is 0 Å².